The summed E-state index contributed by atoms with van der Waals surface area (Å²) in [5, 5.41) is 12.2. The molecule has 0 radical (unpaired) electrons. The highest BCUT2D eigenvalue weighted by atomic mass is 19.1. The smallest absolute Gasteiger partial charge is 0.298 e. The zero-order valence-electron chi connectivity index (χ0n) is 19.5. The van der Waals surface area contributed by atoms with Crippen LogP contribution in [-0.4, -0.2) is 41.8 Å². The van der Waals surface area contributed by atoms with Crippen LogP contribution in [0.3, 0.4) is 0 Å². The molecule has 2 aromatic rings. The van der Waals surface area contributed by atoms with Gasteiger partial charge < -0.3 is 24.5 Å². The van der Waals surface area contributed by atoms with Crippen molar-refractivity contribution in [1.29, 1.82) is 0 Å². The van der Waals surface area contributed by atoms with E-state index in [-0.39, 0.29) is 29.6 Å². The van der Waals surface area contributed by atoms with Crippen LogP contribution in [0.2, 0.25) is 0 Å². The maximum absolute atomic E-state index is 14.9. The number of carbonyl (C=O) groups is 1. The van der Waals surface area contributed by atoms with E-state index in [1.165, 1.54) is 18.9 Å². The van der Waals surface area contributed by atoms with Crippen LogP contribution < -0.4 is 15.0 Å². The molecule has 7 nitrogen and oxygen atoms in total. The van der Waals surface area contributed by atoms with E-state index in [9.17, 15) is 14.3 Å². The standard InChI is InChI=1S/C25H32FN3O4/c1-4-20-21(28-24(33-20)29-11-25(3,12-29)13-30)23(31)27-17-5-14(2)22(19(26)10-17)32-18-8-15-6-16(7-15)9-18/h5,10,15-16,18,30H,4,6-9,11-13H2,1-3H3,(H,27,31). The normalized spacial score (nSPS) is 25.2. The number of aliphatic hydroxyl groups is 1. The first kappa shape index (κ1) is 22.2. The molecule has 1 saturated heterocycles. The zero-order valence-corrected chi connectivity index (χ0v) is 19.5. The van der Waals surface area contributed by atoms with E-state index in [0.29, 0.717) is 42.5 Å². The van der Waals surface area contributed by atoms with Crippen LogP contribution in [0.4, 0.5) is 16.1 Å². The minimum Gasteiger partial charge on any atom is -0.487 e. The molecular formula is C25H32FN3O4. The summed E-state index contributed by atoms with van der Waals surface area (Å²) in [5.74, 6) is 1.31. The maximum Gasteiger partial charge on any atom is 0.298 e. The number of nitrogens with one attached hydrogen (secondary N) is 1. The predicted octanol–water partition coefficient (Wildman–Crippen LogP) is 4.32. The van der Waals surface area contributed by atoms with Crippen LogP contribution in [-0.2, 0) is 6.42 Å². The van der Waals surface area contributed by atoms with Gasteiger partial charge in [0.25, 0.3) is 11.9 Å². The summed E-state index contributed by atoms with van der Waals surface area (Å²) >= 11 is 0. The summed E-state index contributed by atoms with van der Waals surface area (Å²) in [5.41, 5.74) is 1.03. The topological polar surface area (TPSA) is 87.8 Å². The van der Waals surface area contributed by atoms with Gasteiger partial charge in [-0.25, -0.2) is 4.39 Å². The number of carbonyl (C=O) groups excluding carboxylic acids is 1. The molecule has 1 aromatic carbocycles. The van der Waals surface area contributed by atoms with Crippen LogP contribution in [0.5, 0.6) is 5.75 Å². The highest BCUT2D eigenvalue weighted by Gasteiger charge is 2.41. The fourth-order valence-electron chi connectivity index (χ4n) is 5.51. The summed E-state index contributed by atoms with van der Waals surface area (Å²) in [6.07, 6.45) is 5.14. The van der Waals surface area contributed by atoms with Gasteiger partial charge in [0.05, 0.1) is 12.7 Å². The number of aromatic nitrogens is 1. The van der Waals surface area contributed by atoms with E-state index >= 15 is 0 Å². The highest BCUT2D eigenvalue weighted by Crippen LogP contribution is 2.47. The lowest BCUT2D eigenvalue weighted by Gasteiger charge is -2.45. The number of hydrogen-bond donors (Lipinski definition) is 2. The highest BCUT2D eigenvalue weighted by molar-refractivity contribution is 6.03. The number of ether oxygens (including phenoxy) is 1. The Balaban J connectivity index is 1.28. The fraction of sp³-hybridized carbons (Fsp3) is 0.600. The Kier molecular flexibility index (Phi) is 5.59. The van der Waals surface area contributed by atoms with Gasteiger partial charge in [0, 0.05) is 36.7 Å². The molecule has 2 heterocycles. The van der Waals surface area contributed by atoms with Crippen LogP contribution >= 0.6 is 0 Å². The van der Waals surface area contributed by atoms with Crippen LogP contribution in [0, 0.1) is 30.0 Å². The Morgan fingerprint density at radius 2 is 2.00 bits per heavy atom. The van der Waals surface area contributed by atoms with Gasteiger partial charge in [-0.2, -0.15) is 4.98 Å². The van der Waals surface area contributed by atoms with Gasteiger partial charge >= 0.3 is 0 Å². The average molecular weight is 458 g/mol. The van der Waals surface area contributed by atoms with E-state index in [2.05, 4.69) is 10.3 Å². The number of amides is 1. The lowest BCUT2D eigenvalue weighted by Crippen LogP contribution is -2.56. The third-order valence-electron chi connectivity index (χ3n) is 7.32. The Morgan fingerprint density at radius 1 is 1.30 bits per heavy atom. The molecule has 33 heavy (non-hydrogen) atoms. The Morgan fingerprint density at radius 3 is 2.61 bits per heavy atom. The predicted molar refractivity (Wildman–Crippen MR) is 122 cm³/mol. The summed E-state index contributed by atoms with van der Waals surface area (Å²) < 4.78 is 26.7. The maximum atomic E-state index is 14.9. The molecule has 1 aromatic heterocycles. The third-order valence-corrected chi connectivity index (χ3v) is 7.32. The van der Waals surface area contributed by atoms with Crippen molar-refractivity contribution in [3.8, 4) is 5.75 Å². The molecule has 4 fully saturated rings. The van der Waals surface area contributed by atoms with Gasteiger partial charge in [-0.1, -0.05) is 13.8 Å². The lowest BCUT2D eigenvalue weighted by molar-refractivity contribution is 0.0109. The first-order chi connectivity index (χ1) is 15.8. The Hall–Kier alpha value is -2.61. The van der Waals surface area contributed by atoms with Gasteiger partial charge in [0.15, 0.2) is 17.3 Å². The Bertz CT molecular complexity index is 1020. The number of rotatable bonds is 7. The largest absolute Gasteiger partial charge is 0.487 e. The second-order valence-corrected chi connectivity index (χ2v) is 10.4. The SMILES string of the molecule is CCc1oc(N2CC(C)(CO)C2)nc1C(=O)Nc1cc(C)c(OC2CC3CC(C3)C2)c(F)c1. The number of hydrogen-bond acceptors (Lipinski definition) is 6. The summed E-state index contributed by atoms with van der Waals surface area (Å²) in [6.45, 7) is 6.99. The van der Waals surface area contributed by atoms with Crippen molar-refractivity contribution in [3.63, 3.8) is 0 Å². The second kappa shape index (κ2) is 8.31. The number of nitrogens with zero attached hydrogens (tertiary/aromatic N) is 2. The van der Waals surface area contributed by atoms with Crippen molar-refractivity contribution in [2.24, 2.45) is 17.3 Å². The van der Waals surface area contributed by atoms with Gasteiger partial charge in [-0.3, -0.25) is 4.79 Å². The lowest BCUT2D eigenvalue weighted by atomic mass is 9.64. The average Bonchev–Trinajstić information content (AvgIpc) is 3.18. The molecule has 0 atom stereocenters. The number of fused-ring (bicyclic) bond motifs is 2. The van der Waals surface area contributed by atoms with Crippen molar-refractivity contribution in [2.45, 2.75) is 59.0 Å². The number of oxazole rings is 1. The second-order valence-electron chi connectivity index (χ2n) is 10.4. The van der Waals surface area contributed by atoms with Crippen molar-refractivity contribution < 1.29 is 23.4 Å². The van der Waals surface area contributed by atoms with E-state index in [4.69, 9.17) is 9.15 Å². The van der Waals surface area contributed by atoms with Crippen molar-refractivity contribution in [2.75, 3.05) is 29.9 Å². The summed E-state index contributed by atoms with van der Waals surface area (Å²) in [7, 11) is 0. The van der Waals surface area contributed by atoms with Gasteiger partial charge in [0.2, 0.25) is 0 Å². The minimum absolute atomic E-state index is 0.0750. The van der Waals surface area contributed by atoms with Crippen molar-refractivity contribution >= 4 is 17.6 Å². The van der Waals surface area contributed by atoms with E-state index in [1.54, 1.807) is 13.0 Å². The quantitative estimate of drug-likeness (QED) is 0.644. The Labute approximate surface area is 193 Å². The van der Waals surface area contributed by atoms with E-state index < -0.39 is 11.7 Å². The fourth-order valence-corrected chi connectivity index (χ4v) is 5.51. The molecule has 178 valence electrons. The number of halogens is 1. The van der Waals surface area contributed by atoms with Gasteiger partial charge in [-0.15, -0.1) is 0 Å². The molecule has 1 aliphatic heterocycles. The molecule has 2 N–H and O–H groups in total. The van der Waals surface area contributed by atoms with Crippen LogP contribution in [0.1, 0.15) is 61.3 Å². The first-order valence-electron chi connectivity index (χ1n) is 11.9. The first-order valence-corrected chi connectivity index (χ1v) is 11.9. The molecule has 0 unspecified atom stereocenters. The molecular weight excluding hydrogens is 425 g/mol. The van der Waals surface area contributed by atoms with Crippen molar-refractivity contribution in [1.82, 2.24) is 4.98 Å². The molecule has 3 saturated carbocycles. The zero-order chi connectivity index (χ0) is 23.3. The number of anilines is 2. The molecule has 8 heteroatoms. The third kappa shape index (κ3) is 4.21. The van der Waals surface area contributed by atoms with Gasteiger partial charge in [-0.05, 0) is 56.1 Å². The van der Waals surface area contributed by atoms with E-state index in [1.807, 2.05) is 18.7 Å². The molecule has 2 bridgehead atoms. The van der Waals surface area contributed by atoms with Crippen LogP contribution in [0.15, 0.2) is 16.5 Å². The number of benzene rings is 1. The minimum atomic E-state index is -0.468. The monoisotopic (exact) mass is 457 g/mol. The summed E-state index contributed by atoms with van der Waals surface area (Å²) in [4.78, 5) is 19.2. The molecule has 0 spiro atoms. The number of aryl methyl sites for hydroxylation is 2. The number of aliphatic hydroxyl groups excluding tert-OH is 1. The van der Waals surface area contributed by atoms with Gasteiger partial charge in [0.1, 0.15) is 5.76 Å². The molecule has 6 rings (SSSR count). The van der Waals surface area contributed by atoms with Crippen LogP contribution in [0.25, 0.3) is 0 Å². The molecule has 4 aliphatic rings. The molecule has 1 amide bonds. The van der Waals surface area contributed by atoms with Crippen molar-refractivity contribution in [3.05, 3.63) is 35.0 Å². The molecule has 3 aliphatic carbocycles. The summed E-state index contributed by atoms with van der Waals surface area (Å²) in [6, 6.07) is 3.41. The van der Waals surface area contributed by atoms with E-state index in [0.717, 1.165) is 24.7 Å².